The summed E-state index contributed by atoms with van der Waals surface area (Å²) in [7, 11) is 0. The molecule has 0 unspecified atom stereocenters. The van der Waals surface area contributed by atoms with Gasteiger partial charge in [-0.3, -0.25) is 4.79 Å². The molecule has 0 N–H and O–H groups in total. The molecule has 1 saturated carbocycles. The zero-order chi connectivity index (χ0) is 7.72. The molecule has 10 heavy (non-hydrogen) atoms. The summed E-state index contributed by atoms with van der Waals surface area (Å²) >= 11 is 0. The van der Waals surface area contributed by atoms with Crippen molar-refractivity contribution < 1.29 is 9.18 Å². The lowest BCUT2D eigenvalue weighted by atomic mass is 9.81. The van der Waals surface area contributed by atoms with Gasteiger partial charge >= 0.3 is 0 Å². The van der Waals surface area contributed by atoms with Gasteiger partial charge in [0.25, 0.3) is 0 Å². The van der Waals surface area contributed by atoms with Gasteiger partial charge in [-0.1, -0.05) is 13.8 Å². The summed E-state index contributed by atoms with van der Waals surface area (Å²) in [5, 5.41) is 0. The van der Waals surface area contributed by atoms with Crippen LogP contribution >= 0.6 is 0 Å². The van der Waals surface area contributed by atoms with E-state index in [1.54, 1.807) is 13.8 Å². The van der Waals surface area contributed by atoms with Crippen molar-refractivity contribution in [3.8, 4) is 0 Å². The fourth-order valence-corrected chi connectivity index (χ4v) is 1.35. The summed E-state index contributed by atoms with van der Waals surface area (Å²) in [5.41, 5.74) is 0. The molecule has 1 aliphatic carbocycles. The first-order valence-corrected chi connectivity index (χ1v) is 3.80. The van der Waals surface area contributed by atoms with Crippen molar-refractivity contribution in [2.45, 2.75) is 32.9 Å². The van der Waals surface area contributed by atoms with Crippen LogP contribution in [-0.4, -0.2) is 12.0 Å². The Morgan fingerprint density at radius 3 is 2.50 bits per heavy atom. The fourth-order valence-electron chi connectivity index (χ4n) is 1.35. The van der Waals surface area contributed by atoms with Gasteiger partial charge in [0, 0.05) is 5.92 Å². The molecule has 0 amide bonds. The summed E-state index contributed by atoms with van der Waals surface area (Å²) in [4.78, 5) is 11.0. The van der Waals surface area contributed by atoms with E-state index in [0.29, 0.717) is 0 Å². The lowest BCUT2D eigenvalue weighted by Crippen LogP contribution is -2.33. The molecule has 0 saturated heterocycles. The minimum absolute atomic E-state index is 0.0498. The van der Waals surface area contributed by atoms with Crippen molar-refractivity contribution >= 4 is 5.78 Å². The van der Waals surface area contributed by atoms with Gasteiger partial charge in [0.05, 0.1) is 0 Å². The predicted octanol–water partition coefficient (Wildman–Crippen LogP) is 1.96. The molecule has 0 aromatic rings. The van der Waals surface area contributed by atoms with Crippen LogP contribution in [0.2, 0.25) is 0 Å². The minimum atomic E-state index is -1.19. The number of Topliss-reactive ketones (excluding diaryl/α,β-unsaturated/α-hetero) is 1. The molecule has 3 atom stereocenters. The quantitative estimate of drug-likeness (QED) is 0.508. The van der Waals surface area contributed by atoms with Gasteiger partial charge in [-0.25, -0.2) is 4.39 Å². The number of alkyl halides is 1. The monoisotopic (exact) mass is 144 g/mol. The molecule has 1 rings (SSSR count). The Morgan fingerprint density at radius 1 is 1.40 bits per heavy atom. The minimum Gasteiger partial charge on any atom is -0.296 e. The smallest absolute Gasteiger partial charge is 0.169 e. The van der Waals surface area contributed by atoms with Crippen LogP contribution in [0.5, 0.6) is 0 Å². The van der Waals surface area contributed by atoms with Crippen LogP contribution in [0.1, 0.15) is 26.7 Å². The van der Waals surface area contributed by atoms with Gasteiger partial charge in [0.1, 0.15) is 0 Å². The second-order valence-corrected chi connectivity index (χ2v) is 3.26. The van der Waals surface area contributed by atoms with Crippen molar-refractivity contribution in [3.63, 3.8) is 0 Å². The summed E-state index contributed by atoms with van der Waals surface area (Å²) in [6.45, 7) is 3.61. The van der Waals surface area contributed by atoms with E-state index >= 15 is 0 Å². The van der Waals surface area contributed by atoms with E-state index in [1.807, 2.05) is 0 Å². The van der Waals surface area contributed by atoms with Crippen LogP contribution in [0.3, 0.4) is 0 Å². The molecule has 0 aliphatic heterocycles. The van der Waals surface area contributed by atoms with E-state index in [0.717, 1.165) is 12.8 Å². The maximum Gasteiger partial charge on any atom is 0.169 e. The Bertz CT molecular complexity index is 144. The Kier molecular flexibility index (Phi) is 2.07. The molecule has 0 aromatic carbocycles. The molecule has 2 heteroatoms. The van der Waals surface area contributed by atoms with Gasteiger partial charge in [-0.15, -0.1) is 0 Å². The first kappa shape index (κ1) is 7.70. The largest absolute Gasteiger partial charge is 0.296 e. The molecule has 1 aliphatic rings. The topological polar surface area (TPSA) is 17.1 Å². The van der Waals surface area contributed by atoms with Crippen molar-refractivity contribution in [2.24, 2.45) is 11.8 Å². The number of carbonyl (C=O) groups is 1. The van der Waals surface area contributed by atoms with Crippen LogP contribution in [0, 0.1) is 11.8 Å². The molecule has 0 spiro atoms. The average Bonchev–Trinajstić information content (AvgIpc) is 1.93. The van der Waals surface area contributed by atoms with E-state index in [4.69, 9.17) is 0 Å². The maximum atomic E-state index is 12.9. The second kappa shape index (κ2) is 2.69. The van der Waals surface area contributed by atoms with Gasteiger partial charge < -0.3 is 0 Å². The van der Waals surface area contributed by atoms with Crippen molar-refractivity contribution in [3.05, 3.63) is 0 Å². The van der Waals surface area contributed by atoms with Crippen LogP contribution in [-0.2, 0) is 4.79 Å². The molecule has 1 nitrogen and oxygen atoms in total. The number of ketones is 1. The van der Waals surface area contributed by atoms with E-state index in [-0.39, 0.29) is 17.6 Å². The number of rotatable bonds is 0. The summed E-state index contributed by atoms with van der Waals surface area (Å²) in [6, 6.07) is 0. The number of halogens is 1. The zero-order valence-corrected chi connectivity index (χ0v) is 6.43. The van der Waals surface area contributed by atoms with Gasteiger partial charge in [0.15, 0.2) is 12.0 Å². The Morgan fingerprint density at radius 2 is 2.00 bits per heavy atom. The van der Waals surface area contributed by atoms with E-state index in [1.165, 1.54) is 0 Å². The van der Waals surface area contributed by atoms with Gasteiger partial charge in [-0.05, 0) is 18.8 Å². The average molecular weight is 144 g/mol. The molecule has 1 fully saturated rings. The second-order valence-electron chi connectivity index (χ2n) is 3.26. The summed E-state index contributed by atoms with van der Waals surface area (Å²) in [6.07, 6.45) is 0.526. The number of hydrogen-bond acceptors (Lipinski definition) is 1. The first-order valence-electron chi connectivity index (χ1n) is 3.80. The highest BCUT2D eigenvalue weighted by Gasteiger charge is 2.33. The predicted molar refractivity (Wildman–Crippen MR) is 37.5 cm³/mol. The standard InChI is InChI=1S/C8H13FO/c1-5-3-4-6(2)8(10)7(5)9/h5-7H,3-4H2,1-2H3/t5-,6+,7-/m0/s1. The van der Waals surface area contributed by atoms with E-state index in [2.05, 4.69) is 0 Å². The molecule has 0 aromatic heterocycles. The van der Waals surface area contributed by atoms with E-state index in [9.17, 15) is 9.18 Å². The Labute approximate surface area is 60.6 Å². The lowest BCUT2D eigenvalue weighted by Gasteiger charge is -2.25. The SMILES string of the molecule is C[C@@H]1CC[C@H](C)[C@H](F)C1=O. The molecule has 0 bridgehead atoms. The van der Waals surface area contributed by atoms with Gasteiger partial charge in [0.2, 0.25) is 0 Å². The summed E-state index contributed by atoms with van der Waals surface area (Å²) < 4.78 is 12.9. The zero-order valence-electron chi connectivity index (χ0n) is 6.43. The van der Waals surface area contributed by atoms with E-state index < -0.39 is 6.17 Å². The first-order chi connectivity index (χ1) is 4.63. The van der Waals surface area contributed by atoms with Crippen molar-refractivity contribution in [2.75, 3.05) is 0 Å². The normalized spacial score (nSPS) is 41.9. The summed E-state index contributed by atoms with van der Waals surface area (Å²) in [5.74, 6) is -0.298. The Hall–Kier alpha value is -0.400. The van der Waals surface area contributed by atoms with Crippen LogP contribution < -0.4 is 0 Å². The Balaban J connectivity index is 2.60. The number of carbonyl (C=O) groups excluding carboxylic acids is 1. The third-order valence-corrected chi connectivity index (χ3v) is 2.31. The highest BCUT2D eigenvalue weighted by Crippen LogP contribution is 2.27. The van der Waals surface area contributed by atoms with Gasteiger partial charge in [-0.2, -0.15) is 0 Å². The van der Waals surface area contributed by atoms with Crippen LogP contribution in [0.4, 0.5) is 4.39 Å². The molecule has 0 radical (unpaired) electrons. The van der Waals surface area contributed by atoms with Crippen molar-refractivity contribution in [1.82, 2.24) is 0 Å². The fraction of sp³-hybridized carbons (Fsp3) is 0.875. The molecule has 0 heterocycles. The third-order valence-electron chi connectivity index (χ3n) is 2.31. The van der Waals surface area contributed by atoms with Crippen LogP contribution in [0.25, 0.3) is 0 Å². The third kappa shape index (κ3) is 1.20. The maximum absolute atomic E-state index is 12.9. The van der Waals surface area contributed by atoms with Crippen LogP contribution in [0.15, 0.2) is 0 Å². The molecular weight excluding hydrogens is 131 g/mol. The highest BCUT2D eigenvalue weighted by molar-refractivity contribution is 5.85. The van der Waals surface area contributed by atoms with Crippen molar-refractivity contribution in [1.29, 1.82) is 0 Å². The molecule has 58 valence electrons. The highest BCUT2D eigenvalue weighted by atomic mass is 19.1. The lowest BCUT2D eigenvalue weighted by molar-refractivity contribution is -0.131. The molecular formula is C8H13FO. The number of hydrogen-bond donors (Lipinski definition) is 0.